The Labute approximate surface area is 204 Å². The van der Waals surface area contributed by atoms with Crippen molar-refractivity contribution in [1.29, 1.82) is 0 Å². The number of rotatable bonds is 17. The smallest absolute Gasteiger partial charge is 1.00 e. The topological polar surface area (TPSA) is 63.6 Å². The number of carboxylic acid groups (broad SMARTS) is 1. The zero-order valence-electron chi connectivity index (χ0n) is 20.1. The van der Waals surface area contributed by atoms with E-state index in [9.17, 15) is 19.1 Å². The van der Waals surface area contributed by atoms with E-state index in [-0.39, 0.29) is 48.1 Å². The number of hydrogen-bond acceptors (Lipinski definition) is 3. The van der Waals surface area contributed by atoms with Crippen LogP contribution in [0.25, 0.3) is 0 Å². The average molecular weight is 433 g/mol. The minimum absolute atomic E-state index is 0. The Morgan fingerprint density at radius 2 is 1.53 bits per heavy atom. The van der Waals surface area contributed by atoms with E-state index >= 15 is 0 Å². The molecule has 0 aromatic heterocycles. The molecule has 6 heteroatoms. The van der Waals surface area contributed by atoms with Gasteiger partial charge < -0.3 is 11.3 Å². The Balaban J connectivity index is 0. The Bertz CT molecular complexity index is 628. The normalized spacial score (nSPS) is 11.6. The summed E-state index contributed by atoms with van der Waals surface area (Å²) in [5.74, 6) is -1.76. The van der Waals surface area contributed by atoms with Crippen LogP contribution in [0.1, 0.15) is 109 Å². The fourth-order valence-electron chi connectivity index (χ4n) is 3.33. The maximum absolute atomic E-state index is 14.4. The van der Waals surface area contributed by atoms with Gasteiger partial charge in [0.15, 0.2) is 11.9 Å². The number of hydrogen-bond donors (Lipinski definition) is 1. The van der Waals surface area contributed by atoms with Crippen molar-refractivity contribution >= 4 is 11.8 Å². The van der Waals surface area contributed by atoms with E-state index in [2.05, 4.69) is 13.8 Å². The summed E-state index contributed by atoms with van der Waals surface area (Å²) in [6, 6.07) is 4.02. The molecular weight excluding hydrogens is 394 g/mol. The van der Waals surface area contributed by atoms with Crippen molar-refractivity contribution in [3.8, 4) is 5.75 Å². The molecular formula is C24H38FNaO4. The fourth-order valence-corrected chi connectivity index (χ4v) is 3.33. The zero-order chi connectivity index (χ0) is 21.5. The van der Waals surface area contributed by atoms with Crippen molar-refractivity contribution < 1.29 is 54.8 Å². The van der Waals surface area contributed by atoms with Crippen LogP contribution >= 0.6 is 0 Å². The van der Waals surface area contributed by atoms with E-state index in [1.807, 2.05) is 0 Å². The number of carbonyl (C=O) groups excluding carboxylic acids is 1. The quantitative estimate of drug-likeness (QED) is 0.229. The molecule has 0 aliphatic carbocycles. The Morgan fingerprint density at radius 1 is 0.967 bits per heavy atom. The van der Waals surface area contributed by atoms with Gasteiger partial charge in [0.1, 0.15) is 11.6 Å². The van der Waals surface area contributed by atoms with Crippen molar-refractivity contribution in [1.82, 2.24) is 0 Å². The molecule has 0 saturated carbocycles. The summed E-state index contributed by atoms with van der Waals surface area (Å²) in [4.78, 5) is 23.7. The van der Waals surface area contributed by atoms with Crippen LogP contribution in [-0.4, -0.2) is 23.0 Å². The molecule has 1 N–H and O–H groups in total. The number of aliphatic carboxylic acids is 1. The van der Waals surface area contributed by atoms with Crippen LogP contribution in [0.5, 0.6) is 5.75 Å². The first-order chi connectivity index (χ1) is 14.0. The third-order valence-electron chi connectivity index (χ3n) is 5.12. The van der Waals surface area contributed by atoms with Gasteiger partial charge in [0.05, 0.1) is 5.56 Å². The van der Waals surface area contributed by atoms with E-state index in [0.717, 1.165) is 63.9 Å². The first-order valence-electron chi connectivity index (χ1n) is 11.2. The molecule has 0 aliphatic rings. The van der Waals surface area contributed by atoms with Crippen LogP contribution in [0.15, 0.2) is 18.2 Å². The van der Waals surface area contributed by atoms with Crippen LogP contribution in [0.4, 0.5) is 4.39 Å². The Kier molecular flexibility index (Phi) is 17.2. The Morgan fingerprint density at radius 3 is 2.10 bits per heavy atom. The summed E-state index contributed by atoms with van der Waals surface area (Å²) in [7, 11) is 0. The molecule has 0 bridgehead atoms. The number of ether oxygens (including phenoxy) is 1. The first kappa shape index (κ1) is 29.1. The molecule has 0 aliphatic heterocycles. The number of Topliss-reactive ketones (excluding diaryl/α,β-unsaturated/α-hetero) is 1. The van der Waals surface area contributed by atoms with Crippen molar-refractivity contribution in [2.45, 2.75) is 103 Å². The summed E-state index contributed by atoms with van der Waals surface area (Å²) in [5.41, 5.74) is 0.0515. The van der Waals surface area contributed by atoms with Crippen molar-refractivity contribution in [3.05, 3.63) is 29.6 Å². The van der Waals surface area contributed by atoms with Gasteiger partial charge in [0.2, 0.25) is 0 Å². The summed E-state index contributed by atoms with van der Waals surface area (Å²) in [6.45, 7) is 4.28. The van der Waals surface area contributed by atoms with Crippen LogP contribution in [0, 0.1) is 5.82 Å². The van der Waals surface area contributed by atoms with Crippen molar-refractivity contribution in [3.63, 3.8) is 0 Å². The molecule has 4 nitrogen and oxygen atoms in total. The van der Waals surface area contributed by atoms with E-state index in [0.29, 0.717) is 12.8 Å². The van der Waals surface area contributed by atoms with Gasteiger partial charge >= 0.3 is 35.5 Å². The van der Waals surface area contributed by atoms with Gasteiger partial charge in [-0.3, -0.25) is 4.79 Å². The molecule has 0 spiro atoms. The minimum atomic E-state index is -1.05. The van der Waals surface area contributed by atoms with Crippen molar-refractivity contribution in [2.75, 3.05) is 0 Å². The van der Waals surface area contributed by atoms with E-state index in [1.165, 1.54) is 25.0 Å². The average Bonchev–Trinajstić information content (AvgIpc) is 2.69. The largest absolute Gasteiger partial charge is 1.00 e. The number of unbranched alkanes of at least 4 members (excludes halogenated alkanes) is 9. The minimum Gasteiger partial charge on any atom is -1.00 e. The van der Waals surface area contributed by atoms with Crippen LogP contribution in [0.2, 0.25) is 0 Å². The van der Waals surface area contributed by atoms with Crippen molar-refractivity contribution in [2.24, 2.45) is 0 Å². The van der Waals surface area contributed by atoms with E-state index in [4.69, 9.17) is 4.74 Å². The SMILES string of the molecule is CCCCCCCCC(Oc1ccc(C(=O)CCCCCCC)c(F)c1)C(=O)O.[H-].[Na+]. The summed E-state index contributed by atoms with van der Waals surface area (Å²) < 4.78 is 19.9. The molecule has 0 amide bonds. The molecule has 0 fully saturated rings. The third kappa shape index (κ3) is 12.1. The summed E-state index contributed by atoms with van der Waals surface area (Å²) >= 11 is 0. The molecule has 166 valence electrons. The van der Waals surface area contributed by atoms with Gasteiger partial charge in [-0.25, -0.2) is 9.18 Å². The second kappa shape index (κ2) is 17.7. The molecule has 0 saturated heterocycles. The predicted octanol–water partition coefficient (Wildman–Crippen LogP) is 4.07. The van der Waals surface area contributed by atoms with Gasteiger partial charge in [-0.05, 0) is 31.4 Å². The molecule has 1 aromatic carbocycles. The molecule has 1 rings (SSSR count). The molecule has 0 heterocycles. The zero-order valence-corrected chi connectivity index (χ0v) is 21.1. The number of benzene rings is 1. The predicted molar refractivity (Wildman–Crippen MR) is 115 cm³/mol. The first-order valence-corrected chi connectivity index (χ1v) is 11.2. The molecule has 0 radical (unpaired) electrons. The maximum atomic E-state index is 14.4. The number of carbonyl (C=O) groups is 2. The van der Waals surface area contributed by atoms with Crippen LogP contribution in [0.3, 0.4) is 0 Å². The third-order valence-corrected chi connectivity index (χ3v) is 5.12. The van der Waals surface area contributed by atoms with E-state index < -0.39 is 17.9 Å². The van der Waals surface area contributed by atoms with Crippen LogP contribution in [-0.2, 0) is 4.79 Å². The summed E-state index contributed by atoms with van der Waals surface area (Å²) in [5, 5.41) is 9.37. The maximum Gasteiger partial charge on any atom is 1.00 e. The molecule has 1 unspecified atom stereocenters. The van der Waals surface area contributed by atoms with Gasteiger partial charge in [-0.1, -0.05) is 71.6 Å². The van der Waals surface area contributed by atoms with Crippen LogP contribution < -0.4 is 34.3 Å². The van der Waals surface area contributed by atoms with E-state index in [1.54, 1.807) is 0 Å². The summed E-state index contributed by atoms with van der Waals surface area (Å²) in [6.07, 6.45) is 11.2. The van der Waals surface area contributed by atoms with Gasteiger partial charge in [0, 0.05) is 12.5 Å². The van der Waals surface area contributed by atoms with Gasteiger partial charge in [-0.15, -0.1) is 0 Å². The Hall–Kier alpha value is -0.910. The molecule has 30 heavy (non-hydrogen) atoms. The number of carboxylic acids is 1. The molecule has 1 aromatic rings. The monoisotopic (exact) mass is 432 g/mol. The number of halogens is 1. The fraction of sp³-hybridized carbons (Fsp3) is 0.667. The molecule has 1 atom stereocenters. The van der Waals surface area contributed by atoms with Gasteiger partial charge in [-0.2, -0.15) is 0 Å². The second-order valence-corrected chi connectivity index (χ2v) is 7.73. The van der Waals surface area contributed by atoms with Gasteiger partial charge in [0.25, 0.3) is 0 Å². The standard InChI is InChI=1S/C24H37FO4.Na.H/c1-3-5-7-9-11-13-15-23(24(27)28)29-19-16-17-20(21(25)18-19)22(26)14-12-10-8-6-4-2;;/h16-18,23H,3-15H2,1-2H3,(H,27,28);;/q;+1;-1. The number of ketones is 1. The second-order valence-electron chi connectivity index (χ2n) is 7.73.